The molecule has 3 rings (SSSR count). The lowest BCUT2D eigenvalue weighted by Crippen LogP contribution is -2.26. The number of benzene rings is 1. The third kappa shape index (κ3) is 2.42. The summed E-state index contributed by atoms with van der Waals surface area (Å²) >= 11 is 0. The molecule has 0 aromatic heterocycles. The first kappa shape index (κ1) is 12.8. The Bertz CT molecular complexity index is 483. The van der Waals surface area contributed by atoms with Crippen molar-refractivity contribution in [2.75, 3.05) is 5.32 Å². The minimum absolute atomic E-state index is 0.186. The van der Waals surface area contributed by atoms with E-state index >= 15 is 0 Å². The summed E-state index contributed by atoms with van der Waals surface area (Å²) in [6.45, 7) is 0. The highest BCUT2D eigenvalue weighted by Crippen LogP contribution is 2.45. The van der Waals surface area contributed by atoms with E-state index in [0.29, 0.717) is 17.9 Å². The Morgan fingerprint density at radius 2 is 1.89 bits per heavy atom. The molecule has 1 nitrogen and oxygen atoms in total. The Hall–Kier alpha value is -1.26. The number of nitrogens with one attached hydrogen (secondary N) is 1. The Balaban J connectivity index is 1.75. The normalized spacial score (nSPS) is 29.8. The number of hydrogen-bond donors (Lipinski definition) is 1. The molecule has 0 saturated heterocycles. The lowest BCUT2D eigenvalue weighted by molar-refractivity contribution is -0.137. The van der Waals surface area contributed by atoms with E-state index in [2.05, 4.69) is 5.32 Å². The van der Waals surface area contributed by atoms with Crippen LogP contribution in [-0.2, 0) is 6.18 Å². The minimum atomic E-state index is -4.49. The molecule has 2 bridgehead atoms. The quantitative estimate of drug-likeness (QED) is 0.785. The predicted molar refractivity (Wildman–Crippen MR) is 64.3 cm³/mol. The molecule has 0 spiro atoms. The average molecular weight is 273 g/mol. The molecule has 0 amide bonds. The van der Waals surface area contributed by atoms with Gasteiger partial charge in [0.15, 0.2) is 0 Å². The van der Waals surface area contributed by atoms with E-state index in [9.17, 15) is 17.6 Å². The molecule has 1 aromatic rings. The van der Waals surface area contributed by atoms with Crippen LogP contribution in [0.5, 0.6) is 0 Å². The van der Waals surface area contributed by atoms with Gasteiger partial charge in [0, 0.05) is 6.04 Å². The van der Waals surface area contributed by atoms with Crippen molar-refractivity contribution in [2.24, 2.45) is 11.8 Å². The zero-order valence-electron chi connectivity index (χ0n) is 10.3. The molecule has 5 heteroatoms. The van der Waals surface area contributed by atoms with Crippen LogP contribution in [0.1, 0.15) is 31.2 Å². The van der Waals surface area contributed by atoms with Gasteiger partial charge >= 0.3 is 6.18 Å². The van der Waals surface area contributed by atoms with Gasteiger partial charge in [-0.25, -0.2) is 4.39 Å². The van der Waals surface area contributed by atoms with E-state index < -0.39 is 17.6 Å². The van der Waals surface area contributed by atoms with Gasteiger partial charge in [0.2, 0.25) is 0 Å². The fraction of sp³-hybridized carbons (Fsp3) is 0.571. The molecule has 19 heavy (non-hydrogen) atoms. The Morgan fingerprint density at radius 3 is 2.42 bits per heavy atom. The van der Waals surface area contributed by atoms with Gasteiger partial charge in [-0.2, -0.15) is 13.2 Å². The summed E-state index contributed by atoms with van der Waals surface area (Å²) in [4.78, 5) is 0. The SMILES string of the molecule is Fc1cc(C(F)(F)F)ccc1NC1CC2CCC1C2. The summed E-state index contributed by atoms with van der Waals surface area (Å²) in [5.74, 6) is 0.435. The third-order valence-electron chi connectivity index (χ3n) is 4.38. The highest BCUT2D eigenvalue weighted by atomic mass is 19.4. The van der Waals surface area contributed by atoms with Crippen molar-refractivity contribution < 1.29 is 17.6 Å². The second-order valence-corrected chi connectivity index (χ2v) is 5.62. The van der Waals surface area contributed by atoms with Crippen LogP contribution in [0, 0.1) is 17.7 Å². The predicted octanol–water partition coefficient (Wildman–Crippen LogP) is 4.45. The van der Waals surface area contributed by atoms with Gasteiger partial charge < -0.3 is 5.32 Å². The number of fused-ring (bicyclic) bond motifs is 2. The standard InChI is InChI=1S/C14H15F4N/c15-11-7-10(14(16,17)18)3-4-12(11)19-13-6-8-1-2-9(13)5-8/h3-4,7-9,13,19H,1-2,5-6H2. The third-order valence-corrected chi connectivity index (χ3v) is 4.38. The maximum absolute atomic E-state index is 13.7. The lowest BCUT2D eigenvalue weighted by atomic mass is 9.95. The molecule has 0 aliphatic heterocycles. The van der Waals surface area contributed by atoms with Crippen molar-refractivity contribution in [1.29, 1.82) is 0 Å². The first-order valence-corrected chi connectivity index (χ1v) is 6.57. The van der Waals surface area contributed by atoms with E-state index in [-0.39, 0.29) is 11.7 Å². The van der Waals surface area contributed by atoms with E-state index in [4.69, 9.17) is 0 Å². The van der Waals surface area contributed by atoms with E-state index in [0.717, 1.165) is 18.9 Å². The van der Waals surface area contributed by atoms with Gasteiger partial charge in [0.1, 0.15) is 5.82 Å². The molecule has 1 aromatic carbocycles. The fourth-order valence-corrected chi connectivity index (χ4v) is 3.43. The van der Waals surface area contributed by atoms with Crippen molar-refractivity contribution in [3.8, 4) is 0 Å². The van der Waals surface area contributed by atoms with Crippen molar-refractivity contribution in [3.05, 3.63) is 29.6 Å². The number of rotatable bonds is 2. The van der Waals surface area contributed by atoms with Crippen LogP contribution in [0.25, 0.3) is 0 Å². The van der Waals surface area contributed by atoms with Crippen LogP contribution in [0.2, 0.25) is 0 Å². The summed E-state index contributed by atoms with van der Waals surface area (Å²) in [5.41, 5.74) is -0.756. The Morgan fingerprint density at radius 1 is 1.11 bits per heavy atom. The summed E-state index contributed by atoms with van der Waals surface area (Å²) in [6.07, 6.45) is 0.0553. The lowest BCUT2D eigenvalue weighted by Gasteiger charge is -2.24. The summed E-state index contributed by atoms with van der Waals surface area (Å²) in [5, 5.41) is 3.08. The van der Waals surface area contributed by atoms with Crippen LogP contribution < -0.4 is 5.32 Å². The van der Waals surface area contributed by atoms with E-state index in [1.165, 1.54) is 18.9 Å². The van der Waals surface area contributed by atoms with E-state index in [1.54, 1.807) is 0 Å². The van der Waals surface area contributed by atoms with Crippen LogP contribution >= 0.6 is 0 Å². The molecule has 0 heterocycles. The molecule has 104 valence electrons. The summed E-state index contributed by atoms with van der Waals surface area (Å²) < 4.78 is 51.0. The second-order valence-electron chi connectivity index (χ2n) is 5.62. The van der Waals surface area contributed by atoms with Crippen LogP contribution in [0.3, 0.4) is 0 Å². The van der Waals surface area contributed by atoms with Crippen molar-refractivity contribution in [3.63, 3.8) is 0 Å². The number of halogens is 4. The smallest absolute Gasteiger partial charge is 0.380 e. The first-order valence-electron chi connectivity index (χ1n) is 6.57. The van der Waals surface area contributed by atoms with Crippen LogP contribution in [-0.4, -0.2) is 6.04 Å². The monoisotopic (exact) mass is 273 g/mol. The number of hydrogen-bond acceptors (Lipinski definition) is 1. The van der Waals surface area contributed by atoms with Crippen molar-refractivity contribution in [2.45, 2.75) is 37.9 Å². The fourth-order valence-electron chi connectivity index (χ4n) is 3.43. The van der Waals surface area contributed by atoms with Gasteiger partial charge in [0.25, 0.3) is 0 Å². The Kier molecular flexibility index (Phi) is 2.95. The second kappa shape index (κ2) is 4.39. The van der Waals surface area contributed by atoms with Crippen molar-refractivity contribution in [1.82, 2.24) is 0 Å². The molecule has 2 saturated carbocycles. The molecule has 2 aliphatic rings. The van der Waals surface area contributed by atoms with Gasteiger partial charge in [-0.3, -0.25) is 0 Å². The first-order chi connectivity index (χ1) is 8.93. The average Bonchev–Trinajstić information content (AvgIpc) is 2.92. The maximum Gasteiger partial charge on any atom is 0.416 e. The van der Waals surface area contributed by atoms with Crippen LogP contribution in [0.15, 0.2) is 18.2 Å². The Labute approximate surface area is 109 Å². The molecule has 1 N–H and O–H groups in total. The molecule has 0 radical (unpaired) electrons. The highest BCUT2D eigenvalue weighted by Gasteiger charge is 2.39. The minimum Gasteiger partial charge on any atom is -0.380 e. The zero-order valence-corrected chi connectivity index (χ0v) is 10.3. The van der Waals surface area contributed by atoms with Gasteiger partial charge in [0.05, 0.1) is 11.3 Å². The number of alkyl halides is 3. The largest absolute Gasteiger partial charge is 0.416 e. The number of anilines is 1. The maximum atomic E-state index is 13.7. The summed E-state index contributed by atoms with van der Waals surface area (Å²) in [6, 6.07) is 2.91. The molecular formula is C14H15F4N. The molecule has 3 atom stereocenters. The van der Waals surface area contributed by atoms with Gasteiger partial charge in [-0.15, -0.1) is 0 Å². The van der Waals surface area contributed by atoms with Crippen molar-refractivity contribution >= 4 is 5.69 Å². The zero-order chi connectivity index (χ0) is 13.6. The summed E-state index contributed by atoms with van der Waals surface area (Å²) in [7, 11) is 0. The molecule has 3 unspecified atom stereocenters. The molecular weight excluding hydrogens is 258 g/mol. The van der Waals surface area contributed by atoms with Gasteiger partial charge in [-0.1, -0.05) is 6.42 Å². The molecule has 2 aliphatic carbocycles. The van der Waals surface area contributed by atoms with E-state index in [1.807, 2.05) is 0 Å². The topological polar surface area (TPSA) is 12.0 Å². The molecule has 2 fully saturated rings. The van der Waals surface area contributed by atoms with Crippen LogP contribution in [0.4, 0.5) is 23.2 Å². The van der Waals surface area contributed by atoms with Gasteiger partial charge in [-0.05, 0) is 49.3 Å². The highest BCUT2D eigenvalue weighted by molar-refractivity contribution is 5.48.